The van der Waals surface area contributed by atoms with E-state index in [-0.39, 0.29) is 5.91 Å². The predicted octanol–water partition coefficient (Wildman–Crippen LogP) is 1.28. The molecule has 8 nitrogen and oxygen atoms in total. The zero-order valence-electron chi connectivity index (χ0n) is 13.2. The van der Waals surface area contributed by atoms with Gasteiger partial charge in [-0.2, -0.15) is 4.98 Å². The fraction of sp³-hybridized carbons (Fsp3) is 0.312. The minimum atomic E-state index is -0.0994. The average molecular weight is 324 g/mol. The van der Waals surface area contributed by atoms with Crippen LogP contribution in [-0.2, 0) is 0 Å². The molecule has 0 bridgehead atoms. The number of carbonyl (C=O) groups excluding carboxylic acids is 1. The van der Waals surface area contributed by atoms with Crippen molar-refractivity contribution in [2.45, 2.75) is 6.92 Å². The number of piperazine rings is 1. The van der Waals surface area contributed by atoms with E-state index in [1.165, 1.54) is 12.4 Å². The Kier molecular flexibility index (Phi) is 3.56. The maximum absolute atomic E-state index is 12.4. The van der Waals surface area contributed by atoms with Gasteiger partial charge in [0.2, 0.25) is 5.65 Å². The molecular formula is C16H16N6O2. The molecule has 3 aromatic heterocycles. The summed E-state index contributed by atoms with van der Waals surface area (Å²) >= 11 is 0. The molecule has 0 spiro atoms. The standard InChI is InChI=1S/C16H16N6O2/c1-11-2-3-13-14(19-11)20-16(24-13)22-8-6-21(7-9-22)15(23)12-10-17-4-5-18-12/h2-5,10H,6-9H2,1H3. The minimum Gasteiger partial charge on any atom is -0.422 e. The first-order chi connectivity index (χ1) is 11.7. The van der Waals surface area contributed by atoms with E-state index in [1.807, 2.05) is 24.0 Å². The Morgan fingerprint density at radius 3 is 2.71 bits per heavy atom. The van der Waals surface area contributed by atoms with Crippen molar-refractivity contribution in [3.63, 3.8) is 0 Å². The molecule has 24 heavy (non-hydrogen) atoms. The smallest absolute Gasteiger partial charge is 0.300 e. The molecule has 4 rings (SSSR count). The summed E-state index contributed by atoms with van der Waals surface area (Å²) < 4.78 is 5.77. The predicted molar refractivity (Wildman–Crippen MR) is 86.7 cm³/mol. The third kappa shape index (κ3) is 2.66. The summed E-state index contributed by atoms with van der Waals surface area (Å²) in [6, 6.07) is 4.33. The van der Waals surface area contributed by atoms with E-state index in [9.17, 15) is 4.79 Å². The summed E-state index contributed by atoms with van der Waals surface area (Å²) in [5, 5.41) is 0. The third-order valence-corrected chi connectivity index (χ3v) is 4.00. The summed E-state index contributed by atoms with van der Waals surface area (Å²) in [4.78, 5) is 33.0. The molecule has 0 aliphatic carbocycles. The Morgan fingerprint density at radius 2 is 1.96 bits per heavy atom. The van der Waals surface area contributed by atoms with Gasteiger partial charge in [-0.05, 0) is 19.1 Å². The summed E-state index contributed by atoms with van der Waals surface area (Å²) in [6.07, 6.45) is 4.57. The molecule has 1 amide bonds. The van der Waals surface area contributed by atoms with Crippen molar-refractivity contribution in [2.24, 2.45) is 0 Å². The topological polar surface area (TPSA) is 88.3 Å². The first-order valence-electron chi connectivity index (χ1n) is 7.75. The van der Waals surface area contributed by atoms with E-state index in [1.54, 1.807) is 11.1 Å². The number of oxazole rings is 1. The second-order valence-electron chi connectivity index (χ2n) is 5.64. The highest BCUT2D eigenvalue weighted by Crippen LogP contribution is 2.22. The van der Waals surface area contributed by atoms with Crippen molar-refractivity contribution in [2.75, 3.05) is 31.1 Å². The SMILES string of the molecule is Cc1ccc2oc(N3CCN(C(=O)c4cnccn4)CC3)nc2n1. The Morgan fingerprint density at radius 1 is 1.12 bits per heavy atom. The third-order valence-electron chi connectivity index (χ3n) is 4.00. The van der Waals surface area contributed by atoms with Crippen molar-refractivity contribution in [3.8, 4) is 0 Å². The minimum absolute atomic E-state index is 0.0994. The molecule has 3 aromatic rings. The van der Waals surface area contributed by atoms with Crippen molar-refractivity contribution >= 4 is 23.2 Å². The second kappa shape index (κ2) is 5.88. The number of pyridine rings is 1. The molecular weight excluding hydrogens is 308 g/mol. The van der Waals surface area contributed by atoms with Crippen LogP contribution >= 0.6 is 0 Å². The van der Waals surface area contributed by atoms with Crippen LogP contribution < -0.4 is 4.90 Å². The van der Waals surface area contributed by atoms with Crippen molar-refractivity contribution in [3.05, 3.63) is 42.1 Å². The Balaban J connectivity index is 1.46. The van der Waals surface area contributed by atoms with E-state index in [4.69, 9.17) is 4.42 Å². The average Bonchev–Trinajstić information content (AvgIpc) is 3.05. The molecule has 1 aliphatic rings. The fourth-order valence-electron chi connectivity index (χ4n) is 2.71. The van der Waals surface area contributed by atoms with Crippen LogP contribution in [0, 0.1) is 6.92 Å². The van der Waals surface area contributed by atoms with E-state index in [2.05, 4.69) is 19.9 Å². The normalized spacial score (nSPS) is 15.0. The van der Waals surface area contributed by atoms with Gasteiger partial charge < -0.3 is 14.2 Å². The van der Waals surface area contributed by atoms with Crippen LogP contribution in [0.25, 0.3) is 11.2 Å². The lowest BCUT2D eigenvalue weighted by molar-refractivity contribution is 0.0738. The summed E-state index contributed by atoms with van der Waals surface area (Å²) in [5.41, 5.74) is 2.56. The number of anilines is 1. The van der Waals surface area contributed by atoms with Crippen LogP contribution in [0.2, 0.25) is 0 Å². The molecule has 8 heteroatoms. The molecule has 0 aromatic carbocycles. The Bertz CT molecular complexity index is 871. The number of fused-ring (bicyclic) bond motifs is 1. The van der Waals surface area contributed by atoms with Gasteiger partial charge in [0.15, 0.2) is 5.58 Å². The lowest BCUT2D eigenvalue weighted by Crippen LogP contribution is -2.49. The number of carbonyl (C=O) groups is 1. The lowest BCUT2D eigenvalue weighted by atomic mass is 10.3. The lowest BCUT2D eigenvalue weighted by Gasteiger charge is -2.33. The number of aryl methyl sites for hydroxylation is 1. The Labute approximate surface area is 138 Å². The highest BCUT2D eigenvalue weighted by atomic mass is 16.4. The molecule has 122 valence electrons. The first-order valence-corrected chi connectivity index (χ1v) is 7.75. The van der Waals surface area contributed by atoms with E-state index in [0.717, 1.165) is 5.69 Å². The van der Waals surface area contributed by atoms with E-state index >= 15 is 0 Å². The van der Waals surface area contributed by atoms with Gasteiger partial charge in [-0.15, -0.1) is 0 Å². The van der Waals surface area contributed by atoms with Gasteiger partial charge in [0.25, 0.3) is 11.9 Å². The molecule has 4 heterocycles. The van der Waals surface area contributed by atoms with Crippen LogP contribution in [0.3, 0.4) is 0 Å². The van der Waals surface area contributed by atoms with Crippen LogP contribution in [0.15, 0.2) is 35.1 Å². The number of hydrogen-bond donors (Lipinski definition) is 0. The van der Waals surface area contributed by atoms with Gasteiger partial charge in [0, 0.05) is 44.3 Å². The fourth-order valence-corrected chi connectivity index (χ4v) is 2.71. The van der Waals surface area contributed by atoms with Crippen LogP contribution in [0.4, 0.5) is 6.01 Å². The highest BCUT2D eigenvalue weighted by Gasteiger charge is 2.25. The number of hydrogen-bond acceptors (Lipinski definition) is 7. The summed E-state index contributed by atoms with van der Waals surface area (Å²) in [7, 11) is 0. The first kappa shape index (κ1) is 14.6. The molecule has 0 saturated carbocycles. The molecule has 0 atom stereocenters. The molecule has 0 radical (unpaired) electrons. The summed E-state index contributed by atoms with van der Waals surface area (Å²) in [5.74, 6) is -0.0994. The zero-order chi connectivity index (χ0) is 16.5. The van der Waals surface area contributed by atoms with Gasteiger partial charge in [0.1, 0.15) is 5.69 Å². The highest BCUT2D eigenvalue weighted by molar-refractivity contribution is 5.92. The molecule has 0 unspecified atom stereocenters. The van der Waals surface area contributed by atoms with Crippen LogP contribution in [0.1, 0.15) is 16.2 Å². The van der Waals surface area contributed by atoms with Gasteiger partial charge in [-0.3, -0.25) is 9.78 Å². The van der Waals surface area contributed by atoms with Crippen molar-refractivity contribution in [1.82, 2.24) is 24.8 Å². The van der Waals surface area contributed by atoms with E-state index in [0.29, 0.717) is 49.1 Å². The zero-order valence-corrected chi connectivity index (χ0v) is 13.2. The Hall–Kier alpha value is -3.03. The van der Waals surface area contributed by atoms with Gasteiger partial charge >= 0.3 is 0 Å². The maximum atomic E-state index is 12.4. The molecule has 0 N–H and O–H groups in total. The van der Waals surface area contributed by atoms with Crippen molar-refractivity contribution in [1.29, 1.82) is 0 Å². The largest absolute Gasteiger partial charge is 0.422 e. The van der Waals surface area contributed by atoms with Gasteiger partial charge in [-0.25, -0.2) is 9.97 Å². The van der Waals surface area contributed by atoms with E-state index < -0.39 is 0 Å². The maximum Gasteiger partial charge on any atom is 0.300 e. The second-order valence-corrected chi connectivity index (χ2v) is 5.64. The molecule has 1 saturated heterocycles. The van der Waals surface area contributed by atoms with Crippen molar-refractivity contribution < 1.29 is 9.21 Å². The quantitative estimate of drug-likeness (QED) is 0.701. The number of nitrogens with zero attached hydrogens (tertiary/aromatic N) is 6. The van der Waals surface area contributed by atoms with Crippen LogP contribution in [0.5, 0.6) is 0 Å². The van der Waals surface area contributed by atoms with Gasteiger partial charge in [-0.1, -0.05) is 0 Å². The molecule has 1 fully saturated rings. The molecule has 1 aliphatic heterocycles. The monoisotopic (exact) mass is 324 g/mol. The number of rotatable bonds is 2. The number of aromatic nitrogens is 4. The van der Waals surface area contributed by atoms with Crippen LogP contribution in [-0.4, -0.2) is 56.9 Å². The number of amides is 1. The summed E-state index contributed by atoms with van der Waals surface area (Å²) in [6.45, 7) is 4.39. The van der Waals surface area contributed by atoms with Gasteiger partial charge in [0.05, 0.1) is 6.20 Å².